The Hall–Kier alpha value is -2.54. The van der Waals surface area contributed by atoms with Gasteiger partial charge < -0.3 is 4.57 Å². The molecule has 0 bridgehead atoms. The van der Waals surface area contributed by atoms with Gasteiger partial charge in [-0.15, -0.1) is 0 Å². The van der Waals surface area contributed by atoms with Crippen LogP contribution < -0.4 is 0 Å². The van der Waals surface area contributed by atoms with E-state index in [1.165, 1.54) is 44.1 Å². The lowest BCUT2D eigenvalue weighted by atomic mass is 9.98. The number of aryl methyl sites for hydroxylation is 1. The Morgan fingerprint density at radius 3 is 1.69 bits per heavy atom. The number of hydrogen-bond donors (Lipinski definition) is 0. The average Bonchev–Trinajstić information content (AvgIpc) is 2.93. The molecule has 3 aromatic carbocycles. The highest BCUT2D eigenvalue weighted by atomic mass is 14.9. The van der Waals surface area contributed by atoms with Crippen LogP contribution in [0.5, 0.6) is 0 Å². The second-order valence-electron chi connectivity index (χ2n) is 8.00. The molecule has 132 valence electrons. The molecule has 4 aromatic rings. The second kappa shape index (κ2) is 6.32. The average molecular weight is 341 g/mol. The monoisotopic (exact) mass is 341 g/mol. The summed E-state index contributed by atoms with van der Waals surface area (Å²) >= 11 is 0. The van der Waals surface area contributed by atoms with Crippen LogP contribution in [-0.4, -0.2) is 4.57 Å². The van der Waals surface area contributed by atoms with Gasteiger partial charge in [0.1, 0.15) is 0 Å². The van der Waals surface area contributed by atoms with Crippen LogP contribution in [0.1, 0.15) is 50.7 Å². The third-order valence-electron chi connectivity index (χ3n) is 5.61. The maximum atomic E-state index is 2.34. The molecule has 1 heterocycles. The quantitative estimate of drug-likeness (QED) is 0.370. The molecular formula is C25H27N. The van der Waals surface area contributed by atoms with Crippen LogP contribution in [-0.2, 0) is 7.05 Å². The smallest absolute Gasteiger partial charge is 0.0494 e. The summed E-state index contributed by atoms with van der Waals surface area (Å²) in [4.78, 5) is 0. The fourth-order valence-corrected chi connectivity index (χ4v) is 3.82. The predicted molar refractivity (Wildman–Crippen MR) is 114 cm³/mol. The van der Waals surface area contributed by atoms with E-state index < -0.39 is 0 Å². The predicted octanol–water partition coefficient (Wildman–Crippen LogP) is 7.25. The van der Waals surface area contributed by atoms with Gasteiger partial charge in [0.15, 0.2) is 0 Å². The summed E-state index contributed by atoms with van der Waals surface area (Å²) < 4.78 is 2.34. The summed E-state index contributed by atoms with van der Waals surface area (Å²) in [5, 5.41) is 2.67. The number of fused-ring (bicyclic) bond motifs is 3. The zero-order valence-electron chi connectivity index (χ0n) is 16.4. The highest BCUT2D eigenvalue weighted by Crippen LogP contribution is 2.33. The first-order valence-corrected chi connectivity index (χ1v) is 9.58. The topological polar surface area (TPSA) is 4.93 Å². The highest BCUT2D eigenvalue weighted by Gasteiger charge is 2.11. The molecular weight excluding hydrogens is 314 g/mol. The van der Waals surface area contributed by atoms with Gasteiger partial charge in [0.2, 0.25) is 0 Å². The van der Waals surface area contributed by atoms with Crippen molar-refractivity contribution in [2.24, 2.45) is 7.05 Å². The highest BCUT2D eigenvalue weighted by molar-refractivity contribution is 6.09. The van der Waals surface area contributed by atoms with Crippen LogP contribution in [0.4, 0.5) is 0 Å². The molecule has 0 aliphatic heterocycles. The first-order valence-electron chi connectivity index (χ1n) is 9.58. The van der Waals surface area contributed by atoms with Gasteiger partial charge in [-0.2, -0.15) is 0 Å². The van der Waals surface area contributed by atoms with E-state index in [1.807, 2.05) is 0 Å². The number of nitrogens with zero attached hydrogens (tertiary/aromatic N) is 1. The zero-order chi connectivity index (χ0) is 18.4. The molecule has 1 aromatic heterocycles. The van der Waals surface area contributed by atoms with E-state index in [1.54, 1.807) is 0 Å². The molecule has 0 aliphatic rings. The summed E-state index contributed by atoms with van der Waals surface area (Å²) in [7, 11) is 2.18. The number of rotatable bonds is 3. The van der Waals surface area contributed by atoms with E-state index in [0.717, 1.165) is 0 Å². The molecule has 0 unspecified atom stereocenters. The van der Waals surface area contributed by atoms with Crippen LogP contribution in [0.2, 0.25) is 0 Å². The Kier molecular flexibility index (Phi) is 4.11. The molecule has 1 nitrogen and oxygen atoms in total. The zero-order valence-corrected chi connectivity index (χ0v) is 16.4. The minimum absolute atomic E-state index is 0.549. The molecule has 26 heavy (non-hydrogen) atoms. The van der Waals surface area contributed by atoms with Crippen molar-refractivity contribution in [1.82, 2.24) is 4.57 Å². The van der Waals surface area contributed by atoms with Gasteiger partial charge in [-0.05, 0) is 46.2 Å². The largest absolute Gasteiger partial charge is 0.344 e. The van der Waals surface area contributed by atoms with Crippen molar-refractivity contribution in [3.63, 3.8) is 0 Å². The second-order valence-corrected chi connectivity index (χ2v) is 8.00. The van der Waals surface area contributed by atoms with E-state index in [4.69, 9.17) is 0 Å². The number of benzene rings is 3. The van der Waals surface area contributed by atoms with Crippen molar-refractivity contribution in [2.75, 3.05) is 0 Å². The summed E-state index contributed by atoms with van der Waals surface area (Å²) in [5.41, 5.74) is 7.96. The van der Waals surface area contributed by atoms with Crippen molar-refractivity contribution in [2.45, 2.75) is 39.5 Å². The lowest BCUT2D eigenvalue weighted by Crippen LogP contribution is -1.90. The molecule has 0 spiro atoms. The minimum atomic E-state index is 0.549. The molecule has 0 aliphatic carbocycles. The standard InChI is InChI=1S/C25H27N/c1-16(2)18-6-8-19(9-7-18)21-11-13-23-22-12-10-20(17(3)4)14-24(22)26(5)25(23)15-21/h6-17H,1-5H3. The van der Waals surface area contributed by atoms with Crippen LogP contribution in [0.3, 0.4) is 0 Å². The van der Waals surface area contributed by atoms with Crippen molar-refractivity contribution >= 4 is 21.8 Å². The summed E-state index contributed by atoms with van der Waals surface area (Å²) in [6.07, 6.45) is 0. The van der Waals surface area contributed by atoms with E-state index in [-0.39, 0.29) is 0 Å². The molecule has 0 N–H and O–H groups in total. The van der Waals surface area contributed by atoms with Gasteiger partial charge in [-0.3, -0.25) is 0 Å². The van der Waals surface area contributed by atoms with Gasteiger partial charge in [0.25, 0.3) is 0 Å². The normalized spacial score (nSPS) is 12.0. The molecule has 0 saturated carbocycles. The first kappa shape index (κ1) is 16.9. The molecule has 0 radical (unpaired) electrons. The van der Waals surface area contributed by atoms with Crippen LogP contribution in [0, 0.1) is 0 Å². The first-order chi connectivity index (χ1) is 12.5. The Labute approximate surface area is 156 Å². The van der Waals surface area contributed by atoms with E-state index in [2.05, 4.69) is 100.0 Å². The SMILES string of the molecule is CC(C)c1ccc(-c2ccc3c4ccc(C(C)C)cc4n(C)c3c2)cc1. The Morgan fingerprint density at radius 2 is 1.08 bits per heavy atom. The third kappa shape index (κ3) is 2.72. The van der Waals surface area contributed by atoms with Crippen molar-refractivity contribution < 1.29 is 0 Å². The molecule has 4 rings (SSSR count). The van der Waals surface area contributed by atoms with Gasteiger partial charge >= 0.3 is 0 Å². The molecule has 0 saturated heterocycles. The number of aromatic nitrogens is 1. The third-order valence-corrected chi connectivity index (χ3v) is 5.61. The van der Waals surface area contributed by atoms with E-state index >= 15 is 0 Å². The fourth-order valence-electron chi connectivity index (χ4n) is 3.82. The molecule has 0 amide bonds. The van der Waals surface area contributed by atoms with Crippen molar-refractivity contribution in [3.8, 4) is 11.1 Å². The summed E-state index contributed by atoms with van der Waals surface area (Å²) in [6, 6.07) is 22.7. The van der Waals surface area contributed by atoms with E-state index in [0.29, 0.717) is 11.8 Å². The molecule has 0 fully saturated rings. The molecule has 1 heteroatoms. The van der Waals surface area contributed by atoms with Gasteiger partial charge in [0, 0.05) is 28.9 Å². The van der Waals surface area contributed by atoms with Crippen molar-refractivity contribution in [3.05, 3.63) is 71.8 Å². The minimum Gasteiger partial charge on any atom is -0.344 e. The van der Waals surface area contributed by atoms with E-state index in [9.17, 15) is 0 Å². The van der Waals surface area contributed by atoms with Gasteiger partial charge in [0.05, 0.1) is 0 Å². The maximum Gasteiger partial charge on any atom is 0.0494 e. The lowest BCUT2D eigenvalue weighted by molar-refractivity contribution is 0.866. The Balaban J connectivity index is 1.86. The Morgan fingerprint density at radius 1 is 0.577 bits per heavy atom. The summed E-state index contributed by atoms with van der Waals surface area (Å²) in [6.45, 7) is 8.98. The fraction of sp³-hybridized carbons (Fsp3) is 0.280. The van der Waals surface area contributed by atoms with Gasteiger partial charge in [-0.25, -0.2) is 0 Å². The van der Waals surface area contributed by atoms with Crippen LogP contribution >= 0.6 is 0 Å². The number of hydrogen-bond acceptors (Lipinski definition) is 0. The summed E-state index contributed by atoms with van der Waals surface area (Å²) in [5.74, 6) is 1.12. The van der Waals surface area contributed by atoms with Crippen LogP contribution in [0.25, 0.3) is 32.9 Å². The van der Waals surface area contributed by atoms with Crippen molar-refractivity contribution in [1.29, 1.82) is 0 Å². The molecule has 0 atom stereocenters. The maximum absolute atomic E-state index is 2.34. The van der Waals surface area contributed by atoms with Crippen LogP contribution in [0.15, 0.2) is 60.7 Å². The van der Waals surface area contributed by atoms with Gasteiger partial charge in [-0.1, -0.05) is 76.2 Å². The Bertz CT molecular complexity index is 1080. The lowest BCUT2D eigenvalue weighted by Gasteiger charge is -2.08.